The van der Waals surface area contributed by atoms with Crippen LogP contribution in [0, 0.1) is 0 Å². The maximum Gasteiger partial charge on any atom is 0.256 e. The van der Waals surface area contributed by atoms with Crippen molar-refractivity contribution in [3.63, 3.8) is 0 Å². The van der Waals surface area contributed by atoms with Crippen LogP contribution in [0.4, 0.5) is 5.69 Å². The summed E-state index contributed by atoms with van der Waals surface area (Å²) in [5, 5.41) is 22.2. The molecule has 27 heavy (non-hydrogen) atoms. The predicted octanol–water partition coefficient (Wildman–Crippen LogP) is 2.46. The summed E-state index contributed by atoms with van der Waals surface area (Å²) in [6.45, 7) is -0.393. The number of amides is 1. The molecule has 3 aromatic rings. The molecule has 136 valence electrons. The first-order valence-electron chi connectivity index (χ1n) is 8.58. The van der Waals surface area contributed by atoms with Gasteiger partial charge in [-0.05, 0) is 42.0 Å². The Balaban J connectivity index is 1.72. The van der Waals surface area contributed by atoms with E-state index in [1.165, 1.54) is 0 Å². The predicted molar refractivity (Wildman–Crippen MR) is 103 cm³/mol. The van der Waals surface area contributed by atoms with E-state index in [0.29, 0.717) is 17.0 Å². The van der Waals surface area contributed by atoms with Crippen LogP contribution >= 0.6 is 0 Å². The SMILES string of the molecule is O=C1Nc2ccc(OCC(O)CO)cc2C1=Cc1ccnc2ccccc12. The molecule has 2 heterocycles. The number of benzene rings is 2. The van der Waals surface area contributed by atoms with Gasteiger partial charge in [-0.3, -0.25) is 9.78 Å². The van der Waals surface area contributed by atoms with Gasteiger partial charge < -0.3 is 20.3 Å². The summed E-state index contributed by atoms with van der Waals surface area (Å²) >= 11 is 0. The average Bonchev–Trinajstić information content (AvgIpc) is 3.01. The summed E-state index contributed by atoms with van der Waals surface area (Å²) in [5.41, 5.74) is 3.74. The minimum absolute atomic E-state index is 0.0231. The maximum absolute atomic E-state index is 12.5. The molecule has 1 amide bonds. The zero-order valence-corrected chi connectivity index (χ0v) is 14.4. The van der Waals surface area contributed by atoms with Crippen LogP contribution < -0.4 is 10.1 Å². The van der Waals surface area contributed by atoms with Gasteiger partial charge in [0.05, 0.1) is 12.1 Å². The lowest BCUT2D eigenvalue weighted by molar-refractivity contribution is -0.110. The van der Waals surface area contributed by atoms with Gasteiger partial charge >= 0.3 is 0 Å². The molecular weight excluding hydrogens is 344 g/mol. The number of ether oxygens (including phenoxy) is 1. The van der Waals surface area contributed by atoms with Crippen molar-refractivity contribution < 1.29 is 19.7 Å². The van der Waals surface area contributed by atoms with E-state index < -0.39 is 6.10 Å². The summed E-state index contributed by atoms with van der Waals surface area (Å²) < 4.78 is 5.50. The summed E-state index contributed by atoms with van der Waals surface area (Å²) in [4.78, 5) is 16.8. The van der Waals surface area contributed by atoms with Gasteiger partial charge in [0.2, 0.25) is 0 Å². The first-order chi connectivity index (χ1) is 13.2. The minimum atomic E-state index is -0.948. The molecule has 0 radical (unpaired) electrons. The highest BCUT2D eigenvalue weighted by Crippen LogP contribution is 2.36. The number of aliphatic hydroxyl groups excluding tert-OH is 2. The van der Waals surface area contributed by atoms with Crippen molar-refractivity contribution in [1.29, 1.82) is 0 Å². The monoisotopic (exact) mass is 362 g/mol. The van der Waals surface area contributed by atoms with Gasteiger partial charge in [0.1, 0.15) is 18.5 Å². The first kappa shape index (κ1) is 17.2. The third-order valence-corrected chi connectivity index (χ3v) is 4.41. The van der Waals surface area contributed by atoms with E-state index in [2.05, 4.69) is 10.3 Å². The molecule has 0 bridgehead atoms. The Morgan fingerprint density at radius 3 is 2.89 bits per heavy atom. The molecule has 0 aliphatic carbocycles. The smallest absolute Gasteiger partial charge is 0.256 e. The van der Waals surface area contributed by atoms with E-state index in [1.807, 2.05) is 36.4 Å². The van der Waals surface area contributed by atoms with Crippen LogP contribution in [0.1, 0.15) is 11.1 Å². The van der Waals surface area contributed by atoms with Crippen LogP contribution in [0.5, 0.6) is 5.75 Å². The second-order valence-electron chi connectivity index (χ2n) is 6.28. The molecule has 1 aliphatic rings. The van der Waals surface area contributed by atoms with Gasteiger partial charge in [0.15, 0.2) is 0 Å². The number of fused-ring (bicyclic) bond motifs is 2. The molecule has 0 saturated carbocycles. The Bertz CT molecular complexity index is 1040. The molecule has 4 rings (SSSR count). The Hall–Kier alpha value is -3.22. The van der Waals surface area contributed by atoms with Crippen LogP contribution in [0.15, 0.2) is 54.7 Å². The molecule has 0 fully saturated rings. The molecule has 6 heteroatoms. The van der Waals surface area contributed by atoms with Crippen molar-refractivity contribution in [3.8, 4) is 5.75 Å². The maximum atomic E-state index is 12.5. The number of carbonyl (C=O) groups excluding carboxylic acids is 1. The summed E-state index contributed by atoms with van der Waals surface area (Å²) in [6, 6.07) is 14.9. The van der Waals surface area contributed by atoms with Gasteiger partial charge in [-0.2, -0.15) is 0 Å². The van der Waals surface area contributed by atoms with Gasteiger partial charge in [-0.25, -0.2) is 0 Å². The number of nitrogens with zero attached hydrogens (tertiary/aromatic N) is 1. The van der Waals surface area contributed by atoms with Gasteiger partial charge in [0, 0.05) is 28.4 Å². The van der Waals surface area contributed by atoms with Gasteiger partial charge in [-0.1, -0.05) is 18.2 Å². The lowest BCUT2D eigenvalue weighted by Crippen LogP contribution is -2.21. The normalized spacial score (nSPS) is 15.6. The van der Waals surface area contributed by atoms with Crippen LogP contribution in [0.25, 0.3) is 22.6 Å². The van der Waals surface area contributed by atoms with E-state index in [9.17, 15) is 9.90 Å². The summed E-state index contributed by atoms with van der Waals surface area (Å²) in [5.74, 6) is 0.335. The summed E-state index contributed by atoms with van der Waals surface area (Å²) in [7, 11) is 0. The number of nitrogens with one attached hydrogen (secondary N) is 1. The van der Waals surface area contributed by atoms with E-state index in [-0.39, 0.29) is 19.1 Å². The third kappa shape index (κ3) is 3.40. The van der Waals surface area contributed by atoms with E-state index >= 15 is 0 Å². The van der Waals surface area contributed by atoms with Crippen molar-refractivity contribution in [3.05, 3.63) is 65.9 Å². The first-order valence-corrected chi connectivity index (χ1v) is 8.58. The number of pyridine rings is 1. The Morgan fingerprint density at radius 2 is 2.04 bits per heavy atom. The Kier molecular flexibility index (Phi) is 4.58. The van der Waals surface area contributed by atoms with E-state index in [1.54, 1.807) is 24.4 Å². The highest BCUT2D eigenvalue weighted by molar-refractivity contribution is 6.35. The zero-order chi connectivity index (χ0) is 18.8. The average molecular weight is 362 g/mol. The minimum Gasteiger partial charge on any atom is -0.491 e. The number of aromatic nitrogens is 1. The van der Waals surface area contributed by atoms with Crippen LogP contribution in [-0.2, 0) is 4.79 Å². The number of anilines is 1. The van der Waals surface area contributed by atoms with E-state index in [0.717, 1.165) is 22.0 Å². The standard InChI is InChI=1S/C21H18N2O4/c24-11-14(25)12-27-15-5-6-20-17(10-15)18(21(26)23-20)9-13-7-8-22-19-4-2-1-3-16(13)19/h1-10,14,24-25H,11-12H2,(H,23,26). The summed E-state index contributed by atoms with van der Waals surface area (Å²) in [6.07, 6.45) is 2.62. The van der Waals surface area contributed by atoms with E-state index in [4.69, 9.17) is 9.84 Å². The number of carbonyl (C=O) groups is 1. The van der Waals surface area contributed by atoms with Crippen molar-refractivity contribution in [2.45, 2.75) is 6.10 Å². The number of rotatable bonds is 5. The second kappa shape index (κ2) is 7.19. The lowest BCUT2D eigenvalue weighted by Gasteiger charge is -2.11. The fourth-order valence-electron chi connectivity index (χ4n) is 3.04. The molecule has 6 nitrogen and oxygen atoms in total. The number of hydrogen-bond donors (Lipinski definition) is 3. The van der Waals surface area contributed by atoms with Crippen LogP contribution in [0.3, 0.4) is 0 Å². The van der Waals surface area contributed by atoms with Crippen LogP contribution in [-0.4, -0.2) is 40.4 Å². The number of aliphatic hydroxyl groups is 2. The Labute approximate surface area is 155 Å². The number of hydrogen-bond acceptors (Lipinski definition) is 5. The number of para-hydroxylation sites is 1. The van der Waals surface area contributed by atoms with Crippen molar-refractivity contribution >= 4 is 34.1 Å². The molecule has 2 aromatic carbocycles. The molecule has 1 aliphatic heterocycles. The molecule has 0 spiro atoms. The molecule has 0 saturated heterocycles. The molecule has 1 aromatic heterocycles. The van der Waals surface area contributed by atoms with Crippen molar-refractivity contribution in [2.75, 3.05) is 18.5 Å². The second-order valence-corrected chi connectivity index (χ2v) is 6.28. The third-order valence-electron chi connectivity index (χ3n) is 4.41. The largest absolute Gasteiger partial charge is 0.491 e. The Morgan fingerprint density at radius 1 is 1.19 bits per heavy atom. The molecular formula is C21H18N2O4. The quantitative estimate of drug-likeness (QED) is 0.607. The van der Waals surface area contributed by atoms with Crippen molar-refractivity contribution in [2.24, 2.45) is 0 Å². The highest BCUT2D eigenvalue weighted by Gasteiger charge is 2.25. The zero-order valence-electron chi connectivity index (χ0n) is 14.4. The fraction of sp³-hybridized carbons (Fsp3) is 0.143. The fourth-order valence-corrected chi connectivity index (χ4v) is 3.04. The van der Waals surface area contributed by atoms with Gasteiger partial charge in [-0.15, -0.1) is 0 Å². The molecule has 1 atom stereocenters. The molecule has 1 unspecified atom stereocenters. The highest BCUT2D eigenvalue weighted by atomic mass is 16.5. The van der Waals surface area contributed by atoms with Gasteiger partial charge in [0.25, 0.3) is 5.91 Å². The lowest BCUT2D eigenvalue weighted by atomic mass is 10.0. The van der Waals surface area contributed by atoms with Crippen LogP contribution in [0.2, 0.25) is 0 Å². The molecule has 3 N–H and O–H groups in total. The topological polar surface area (TPSA) is 91.7 Å². The van der Waals surface area contributed by atoms with Crippen molar-refractivity contribution in [1.82, 2.24) is 4.98 Å².